The Balaban J connectivity index is 2.12. The molecule has 0 bridgehead atoms. The number of aryl methyl sites for hydroxylation is 1. The Hall–Kier alpha value is -1.07. The molecule has 1 amide bonds. The Bertz CT molecular complexity index is 583. The number of rotatable bonds is 4. The van der Waals surface area contributed by atoms with Gasteiger partial charge in [0.05, 0.1) is 11.1 Å². The third-order valence-electron chi connectivity index (χ3n) is 4.04. The SMILES string of the molecule is Cc1cc(Br)c(NC(=O)CC2(C(=O)O)CCCC2)cc1Cl. The number of carbonyl (C=O) groups is 2. The van der Waals surface area contributed by atoms with E-state index in [-0.39, 0.29) is 12.3 Å². The minimum atomic E-state index is -0.912. The van der Waals surface area contributed by atoms with Crippen LogP contribution in [-0.4, -0.2) is 17.0 Å². The fraction of sp³-hybridized carbons (Fsp3) is 0.467. The van der Waals surface area contributed by atoms with Gasteiger partial charge in [-0.15, -0.1) is 0 Å². The van der Waals surface area contributed by atoms with Crippen LogP contribution in [0.4, 0.5) is 5.69 Å². The van der Waals surface area contributed by atoms with Gasteiger partial charge in [-0.25, -0.2) is 0 Å². The molecule has 1 saturated carbocycles. The monoisotopic (exact) mass is 373 g/mol. The molecule has 2 rings (SSSR count). The maximum absolute atomic E-state index is 12.2. The zero-order valence-corrected chi connectivity index (χ0v) is 14.1. The van der Waals surface area contributed by atoms with Crippen molar-refractivity contribution in [2.24, 2.45) is 5.41 Å². The molecule has 0 unspecified atom stereocenters. The first-order valence-electron chi connectivity index (χ1n) is 6.83. The Kier molecular flexibility index (Phi) is 4.94. The number of carboxylic acids is 1. The Labute approximate surface area is 137 Å². The molecule has 0 aliphatic heterocycles. The van der Waals surface area contributed by atoms with E-state index in [2.05, 4.69) is 21.2 Å². The molecule has 2 N–H and O–H groups in total. The molecule has 1 aliphatic carbocycles. The molecule has 1 aliphatic rings. The number of benzene rings is 1. The van der Waals surface area contributed by atoms with Crippen LogP contribution in [0.1, 0.15) is 37.7 Å². The van der Waals surface area contributed by atoms with Gasteiger partial charge in [-0.05, 0) is 53.4 Å². The third kappa shape index (κ3) is 3.58. The number of hydrogen-bond acceptors (Lipinski definition) is 2. The molecule has 1 aromatic carbocycles. The van der Waals surface area contributed by atoms with Crippen LogP contribution in [0, 0.1) is 12.3 Å². The number of halogens is 2. The number of nitrogens with one attached hydrogen (secondary N) is 1. The highest BCUT2D eigenvalue weighted by atomic mass is 79.9. The van der Waals surface area contributed by atoms with Crippen LogP contribution < -0.4 is 5.32 Å². The summed E-state index contributed by atoms with van der Waals surface area (Å²) >= 11 is 9.43. The Morgan fingerprint density at radius 3 is 2.57 bits per heavy atom. The predicted octanol–water partition coefficient (Wildman–Crippen LogP) is 4.38. The highest BCUT2D eigenvalue weighted by molar-refractivity contribution is 9.10. The molecule has 21 heavy (non-hydrogen) atoms. The fourth-order valence-corrected chi connectivity index (χ4v) is 3.48. The smallest absolute Gasteiger partial charge is 0.310 e. The summed E-state index contributed by atoms with van der Waals surface area (Å²) in [5.41, 5.74) is 0.555. The normalized spacial score (nSPS) is 16.7. The average molecular weight is 375 g/mol. The average Bonchev–Trinajstić information content (AvgIpc) is 2.85. The van der Waals surface area contributed by atoms with Crippen LogP contribution in [0.5, 0.6) is 0 Å². The van der Waals surface area contributed by atoms with Crippen molar-refractivity contribution in [3.63, 3.8) is 0 Å². The van der Waals surface area contributed by atoms with Crippen LogP contribution in [0.25, 0.3) is 0 Å². The topological polar surface area (TPSA) is 66.4 Å². The largest absolute Gasteiger partial charge is 0.481 e. The molecule has 114 valence electrons. The van der Waals surface area contributed by atoms with E-state index in [9.17, 15) is 14.7 Å². The van der Waals surface area contributed by atoms with Gasteiger partial charge in [0, 0.05) is 15.9 Å². The maximum atomic E-state index is 12.2. The van der Waals surface area contributed by atoms with Gasteiger partial charge in [0.2, 0.25) is 5.91 Å². The summed E-state index contributed by atoms with van der Waals surface area (Å²) in [6.45, 7) is 1.87. The predicted molar refractivity (Wildman–Crippen MR) is 85.7 cm³/mol. The Morgan fingerprint density at radius 1 is 1.38 bits per heavy atom. The highest BCUT2D eigenvalue weighted by Gasteiger charge is 2.43. The minimum Gasteiger partial charge on any atom is -0.481 e. The van der Waals surface area contributed by atoms with Gasteiger partial charge >= 0.3 is 5.97 Å². The number of aliphatic carboxylic acids is 1. The van der Waals surface area contributed by atoms with Crippen molar-refractivity contribution in [2.75, 3.05) is 5.32 Å². The second-order valence-corrected chi connectivity index (χ2v) is 6.86. The van der Waals surface area contributed by atoms with Crippen molar-refractivity contribution in [1.82, 2.24) is 0 Å². The molecular weight excluding hydrogens is 358 g/mol. The molecule has 1 fully saturated rings. The second-order valence-electron chi connectivity index (χ2n) is 5.60. The van der Waals surface area contributed by atoms with Crippen molar-refractivity contribution in [1.29, 1.82) is 0 Å². The second kappa shape index (κ2) is 6.36. The fourth-order valence-electron chi connectivity index (χ4n) is 2.76. The zero-order chi connectivity index (χ0) is 15.6. The lowest BCUT2D eigenvalue weighted by molar-refractivity contribution is -0.150. The van der Waals surface area contributed by atoms with Crippen molar-refractivity contribution in [3.05, 3.63) is 27.2 Å². The van der Waals surface area contributed by atoms with Gasteiger partial charge in [-0.1, -0.05) is 24.4 Å². The maximum Gasteiger partial charge on any atom is 0.310 e. The lowest BCUT2D eigenvalue weighted by Gasteiger charge is -2.23. The molecule has 0 spiro atoms. The standard InChI is InChI=1S/C15H17BrClNO3/c1-9-6-10(16)12(7-11(9)17)18-13(19)8-15(14(20)21)4-2-3-5-15/h6-7H,2-5,8H2,1H3,(H,18,19)(H,20,21). The van der Waals surface area contributed by atoms with E-state index in [1.807, 2.05) is 13.0 Å². The lowest BCUT2D eigenvalue weighted by atomic mass is 9.82. The summed E-state index contributed by atoms with van der Waals surface area (Å²) in [4.78, 5) is 23.7. The minimum absolute atomic E-state index is 0.000267. The molecular formula is C15H17BrClNO3. The molecule has 0 saturated heterocycles. The van der Waals surface area contributed by atoms with Gasteiger partial charge in [-0.2, -0.15) is 0 Å². The van der Waals surface area contributed by atoms with Crippen molar-refractivity contribution in [3.8, 4) is 0 Å². The third-order valence-corrected chi connectivity index (χ3v) is 5.10. The zero-order valence-electron chi connectivity index (χ0n) is 11.7. The summed E-state index contributed by atoms with van der Waals surface area (Å²) in [5, 5.41) is 12.7. The number of carbonyl (C=O) groups excluding carboxylic acids is 1. The number of anilines is 1. The molecule has 0 aromatic heterocycles. The van der Waals surface area contributed by atoms with Crippen LogP contribution in [0.15, 0.2) is 16.6 Å². The first-order valence-corrected chi connectivity index (χ1v) is 8.00. The van der Waals surface area contributed by atoms with E-state index < -0.39 is 11.4 Å². The molecule has 0 atom stereocenters. The summed E-state index contributed by atoms with van der Waals surface area (Å²) in [6, 6.07) is 3.49. The van der Waals surface area contributed by atoms with E-state index in [4.69, 9.17) is 11.6 Å². The van der Waals surface area contributed by atoms with Gasteiger partial charge in [0.25, 0.3) is 0 Å². The number of amides is 1. The molecule has 0 heterocycles. The van der Waals surface area contributed by atoms with E-state index in [0.29, 0.717) is 23.6 Å². The van der Waals surface area contributed by atoms with Crippen molar-refractivity contribution >= 4 is 45.1 Å². The summed E-state index contributed by atoms with van der Waals surface area (Å²) in [7, 11) is 0. The first kappa shape index (κ1) is 16.3. The highest BCUT2D eigenvalue weighted by Crippen LogP contribution is 2.41. The summed E-state index contributed by atoms with van der Waals surface area (Å²) in [6.07, 6.45) is 2.84. The number of carboxylic acid groups (broad SMARTS) is 1. The summed E-state index contributed by atoms with van der Waals surface area (Å²) < 4.78 is 0.730. The van der Waals surface area contributed by atoms with E-state index in [1.165, 1.54) is 0 Å². The quantitative estimate of drug-likeness (QED) is 0.821. The van der Waals surface area contributed by atoms with E-state index >= 15 is 0 Å². The first-order chi connectivity index (χ1) is 9.84. The van der Waals surface area contributed by atoms with Gasteiger partial charge in [0.15, 0.2) is 0 Å². The van der Waals surface area contributed by atoms with Crippen LogP contribution in [0.3, 0.4) is 0 Å². The molecule has 4 nitrogen and oxygen atoms in total. The molecule has 0 radical (unpaired) electrons. The van der Waals surface area contributed by atoms with Crippen LogP contribution in [0.2, 0.25) is 5.02 Å². The Morgan fingerprint density at radius 2 is 2.00 bits per heavy atom. The van der Waals surface area contributed by atoms with Crippen LogP contribution in [-0.2, 0) is 9.59 Å². The van der Waals surface area contributed by atoms with E-state index in [1.54, 1.807) is 6.07 Å². The lowest BCUT2D eigenvalue weighted by Crippen LogP contribution is -2.32. The van der Waals surface area contributed by atoms with Gasteiger partial charge < -0.3 is 10.4 Å². The molecule has 6 heteroatoms. The van der Waals surface area contributed by atoms with Crippen molar-refractivity contribution in [2.45, 2.75) is 39.0 Å². The van der Waals surface area contributed by atoms with Crippen LogP contribution >= 0.6 is 27.5 Å². The molecule has 1 aromatic rings. The van der Waals surface area contributed by atoms with Gasteiger partial charge in [-0.3, -0.25) is 9.59 Å². The van der Waals surface area contributed by atoms with E-state index in [0.717, 1.165) is 22.9 Å². The summed E-state index contributed by atoms with van der Waals surface area (Å²) in [5.74, 6) is -1.17. The van der Waals surface area contributed by atoms with Crippen molar-refractivity contribution < 1.29 is 14.7 Å². The number of hydrogen-bond donors (Lipinski definition) is 2. The van der Waals surface area contributed by atoms with Gasteiger partial charge in [0.1, 0.15) is 0 Å².